The molecule has 74 valence electrons. The standard InChI is InChI=1S/C8H12F2N2S/c1-5(11-3)6-4-13-7(12-6)8(2,9)10/h4-5,11H,1-3H3. The largest absolute Gasteiger partial charge is 0.312 e. The maximum absolute atomic E-state index is 12.8. The average Bonchev–Trinajstić information content (AvgIpc) is 2.50. The van der Waals surface area contributed by atoms with Crippen LogP contribution in [0.5, 0.6) is 0 Å². The summed E-state index contributed by atoms with van der Waals surface area (Å²) in [4.78, 5) is 3.86. The highest BCUT2D eigenvalue weighted by molar-refractivity contribution is 7.09. The van der Waals surface area contributed by atoms with Gasteiger partial charge in [0.1, 0.15) is 0 Å². The van der Waals surface area contributed by atoms with Gasteiger partial charge in [-0.3, -0.25) is 0 Å². The monoisotopic (exact) mass is 206 g/mol. The van der Waals surface area contributed by atoms with Gasteiger partial charge in [0.15, 0.2) is 5.01 Å². The van der Waals surface area contributed by atoms with E-state index in [0.717, 1.165) is 18.3 Å². The summed E-state index contributed by atoms with van der Waals surface area (Å²) in [5.41, 5.74) is 0.670. The van der Waals surface area contributed by atoms with E-state index in [4.69, 9.17) is 0 Å². The molecule has 0 aliphatic carbocycles. The van der Waals surface area contributed by atoms with Crippen LogP contribution in [0.4, 0.5) is 8.78 Å². The van der Waals surface area contributed by atoms with Crippen LogP contribution >= 0.6 is 11.3 Å². The van der Waals surface area contributed by atoms with Gasteiger partial charge in [0, 0.05) is 18.3 Å². The molecule has 0 aliphatic rings. The van der Waals surface area contributed by atoms with Gasteiger partial charge in [0.25, 0.3) is 5.92 Å². The Labute approximate surface area is 80.0 Å². The van der Waals surface area contributed by atoms with Crippen LogP contribution in [0.25, 0.3) is 0 Å². The number of hydrogen-bond donors (Lipinski definition) is 1. The molecule has 1 aromatic rings. The number of nitrogens with zero attached hydrogens (tertiary/aromatic N) is 1. The molecular weight excluding hydrogens is 194 g/mol. The summed E-state index contributed by atoms with van der Waals surface area (Å²) in [6.07, 6.45) is 0. The SMILES string of the molecule is CNC(C)c1csc(C(C)(F)F)n1. The Bertz CT molecular complexity index is 280. The first kappa shape index (κ1) is 10.5. The zero-order valence-electron chi connectivity index (χ0n) is 7.77. The van der Waals surface area contributed by atoms with Crippen LogP contribution in [0.3, 0.4) is 0 Å². The lowest BCUT2D eigenvalue weighted by Crippen LogP contribution is -2.13. The maximum Gasteiger partial charge on any atom is 0.296 e. The number of alkyl halides is 2. The van der Waals surface area contributed by atoms with Crippen molar-refractivity contribution in [1.29, 1.82) is 0 Å². The van der Waals surface area contributed by atoms with Crippen molar-refractivity contribution in [3.8, 4) is 0 Å². The Hall–Kier alpha value is -0.550. The lowest BCUT2D eigenvalue weighted by atomic mass is 10.3. The fourth-order valence-corrected chi connectivity index (χ4v) is 1.69. The second kappa shape index (κ2) is 3.67. The molecule has 1 rings (SSSR count). The molecule has 0 aliphatic heterocycles. The van der Waals surface area contributed by atoms with E-state index in [0.29, 0.717) is 5.69 Å². The van der Waals surface area contributed by atoms with Gasteiger partial charge >= 0.3 is 0 Å². The highest BCUT2D eigenvalue weighted by Gasteiger charge is 2.28. The van der Waals surface area contributed by atoms with E-state index in [1.165, 1.54) is 0 Å². The highest BCUT2D eigenvalue weighted by Crippen LogP contribution is 2.30. The van der Waals surface area contributed by atoms with Crippen LogP contribution in [0.1, 0.15) is 30.6 Å². The number of rotatable bonds is 3. The maximum atomic E-state index is 12.8. The number of nitrogens with one attached hydrogen (secondary N) is 1. The van der Waals surface area contributed by atoms with E-state index < -0.39 is 5.92 Å². The molecule has 13 heavy (non-hydrogen) atoms. The molecule has 1 unspecified atom stereocenters. The third-order valence-corrected chi connectivity index (χ3v) is 2.81. The molecule has 0 saturated carbocycles. The summed E-state index contributed by atoms with van der Waals surface area (Å²) in [6, 6.07) is 0.0207. The number of hydrogen-bond acceptors (Lipinski definition) is 3. The molecule has 5 heteroatoms. The first-order chi connectivity index (χ1) is 5.95. The number of halogens is 2. The fourth-order valence-electron chi connectivity index (χ4n) is 0.835. The molecule has 1 heterocycles. The Morgan fingerprint density at radius 2 is 2.23 bits per heavy atom. The minimum absolute atomic E-state index is 0.0207. The lowest BCUT2D eigenvalue weighted by molar-refractivity contribution is 0.0170. The highest BCUT2D eigenvalue weighted by atomic mass is 32.1. The van der Waals surface area contributed by atoms with E-state index in [9.17, 15) is 8.78 Å². The average molecular weight is 206 g/mol. The van der Waals surface area contributed by atoms with Crippen LogP contribution in [-0.2, 0) is 5.92 Å². The van der Waals surface area contributed by atoms with Gasteiger partial charge in [-0.2, -0.15) is 8.78 Å². The van der Waals surface area contributed by atoms with Crippen molar-refractivity contribution in [1.82, 2.24) is 10.3 Å². The molecule has 0 amide bonds. The molecule has 0 spiro atoms. The number of thiazole rings is 1. The zero-order valence-corrected chi connectivity index (χ0v) is 8.58. The minimum Gasteiger partial charge on any atom is -0.312 e. The van der Waals surface area contributed by atoms with Gasteiger partial charge in [-0.25, -0.2) is 4.98 Å². The molecule has 0 bridgehead atoms. The van der Waals surface area contributed by atoms with Crippen molar-refractivity contribution in [2.75, 3.05) is 7.05 Å². The van der Waals surface area contributed by atoms with E-state index in [-0.39, 0.29) is 11.0 Å². The zero-order chi connectivity index (χ0) is 10.1. The quantitative estimate of drug-likeness (QED) is 0.822. The van der Waals surface area contributed by atoms with Crippen molar-refractivity contribution >= 4 is 11.3 Å². The van der Waals surface area contributed by atoms with E-state index >= 15 is 0 Å². The van der Waals surface area contributed by atoms with Gasteiger partial charge in [0.05, 0.1) is 5.69 Å². The van der Waals surface area contributed by atoms with Crippen LogP contribution in [0.2, 0.25) is 0 Å². The Kier molecular flexibility index (Phi) is 2.98. The van der Waals surface area contributed by atoms with Gasteiger partial charge < -0.3 is 5.32 Å². The molecule has 0 radical (unpaired) electrons. The van der Waals surface area contributed by atoms with E-state index in [1.54, 1.807) is 12.4 Å². The van der Waals surface area contributed by atoms with Crippen LogP contribution in [0, 0.1) is 0 Å². The van der Waals surface area contributed by atoms with Gasteiger partial charge in [-0.15, -0.1) is 11.3 Å². The third-order valence-electron chi connectivity index (χ3n) is 1.77. The van der Waals surface area contributed by atoms with Gasteiger partial charge in [-0.05, 0) is 14.0 Å². The molecule has 0 saturated heterocycles. The van der Waals surface area contributed by atoms with Crippen LogP contribution in [0.15, 0.2) is 5.38 Å². The predicted molar refractivity (Wildman–Crippen MR) is 49.2 cm³/mol. The molecular formula is C8H12F2N2S. The molecule has 1 N–H and O–H groups in total. The molecule has 1 aromatic heterocycles. The Balaban J connectivity index is 2.87. The molecule has 0 aromatic carbocycles. The van der Waals surface area contributed by atoms with E-state index in [1.807, 2.05) is 6.92 Å². The van der Waals surface area contributed by atoms with Gasteiger partial charge in [-0.1, -0.05) is 0 Å². The fraction of sp³-hybridized carbons (Fsp3) is 0.625. The second-order valence-electron chi connectivity index (χ2n) is 2.98. The summed E-state index contributed by atoms with van der Waals surface area (Å²) in [5.74, 6) is -2.82. The van der Waals surface area contributed by atoms with Crippen molar-refractivity contribution in [3.63, 3.8) is 0 Å². The van der Waals surface area contributed by atoms with Crippen molar-refractivity contribution in [2.24, 2.45) is 0 Å². The predicted octanol–water partition coefficient (Wildman–Crippen LogP) is 2.54. The normalized spacial score (nSPS) is 14.5. The first-order valence-corrected chi connectivity index (χ1v) is 4.84. The molecule has 1 atom stereocenters. The Morgan fingerprint density at radius 1 is 1.62 bits per heavy atom. The first-order valence-electron chi connectivity index (χ1n) is 3.96. The van der Waals surface area contributed by atoms with Crippen molar-refractivity contribution in [3.05, 3.63) is 16.1 Å². The molecule has 2 nitrogen and oxygen atoms in total. The Morgan fingerprint density at radius 3 is 2.62 bits per heavy atom. The van der Waals surface area contributed by atoms with Crippen molar-refractivity contribution < 1.29 is 8.78 Å². The smallest absolute Gasteiger partial charge is 0.296 e. The minimum atomic E-state index is -2.82. The van der Waals surface area contributed by atoms with Crippen molar-refractivity contribution in [2.45, 2.75) is 25.8 Å². The summed E-state index contributed by atoms with van der Waals surface area (Å²) in [7, 11) is 1.77. The summed E-state index contributed by atoms with van der Waals surface area (Å²) < 4.78 is 25.5. The van der Waals surface area contributed by atoms with E-state index in [2.05, 4.69) is 10.3 Å². The van der Waals surface area contributed by atoms with Crippen LogP contribution in [-0.4, -0.2) is 12.0 Å². The summed E-state index contributed by atoms with van der Waals surface area (Å²) in [5, 5.41) is 4.49. The number of aromatic nitrogens is 1. The summed E-state index contributed by atoms with van der Waals surface area (Å²) in [6.45, 7) is 2.74. The van der Waals surface area contributed by atoms with Crippen LogP contribution < -0.4 is 5.32 Å². The van der Waals surface area contributed by atoms with Gasteiger partial charge in [0.2, 0.25) is 0 Å². The second-order valence-corrected chi connectivity index (χ2v) is 3.83. The topological polar surface area (TPSA) is 24.9 Å². The lowest BCUT2D eigenvalue weighted by Gasteiger charge is -2.07. The summed E-state index contributed by atoms with van der Waals surface area (Å²) >= 11 is 0.999. The molecule has 0 fully saturated rings. The third kappa shape index (κ3) is 2.45.